The molecule has 0 unspecified atom stereocenters. The van der Waals surface area contributed by atoms with Gasteiger partial charge in [0.25, 0.3) is 5.69 Å². The lowest BCUT2D eigenvalue weighted by Gasteiger charge is -2.01. The molecule has 2 rings (SSSR count). The average molecular weight is 267 g/mol. The van der Waals surface area contributed by atoms with Gasteiger partial charge in [0.15, 0.2) is 0 Å². The molecular weight excluding hydrogens is 260 g/mol. The number of pyridine rings is 1. The van der Waals surface area contributed by atoms with Gasteiger partial charge in [-0.15, -0.1) is 0 Å². The molecule has 0 radical (unpaired) electrons. The Bertz CT molecular complexity index is 528. The summed E-state index contributed by atoms with van der Waals surface area (Å²) in [5.41, 5.74) is 1.37. The second-order valence-electron chi connectivity index (χ2n) is 3.08. The maximum atomic E-state index is 10.8. The Kier molecular flexibility index (Phi) is 2.64. The number of halogens is 1. The van der Waals surface area contributed by atoms with Crippen molar-refractivity contribution in [2.75, 3.05) is 0 Å². The van der Waals surface area contributed by atoms with Crippen molar-refractivity contribution in [2.45, 2.75) is 5.33 Å². The van der Waals surface area contributed by atoms with Gasteiger partial charge in [0, 0.05) is 23.0 Å². The first kappa shape index (κ1) is 10.0. The van der Waals surface area contributed by atoms with Gasteiger partial charge < -0.3 is 0 Å². The molecule has 0 atom stereocenters. The first-order valence-corrected chi connectivity index (χ1v) is 5.42. The first-order valence-electron chi connectivity index (χ1n) is 4.30. The van der Waals surface area contributed by atoms with Crippen LogP contribution in [0.3, 0.4) is 0 Å². The highest BCUT2D eigenvalue weighted by Gasteiger charge is 2.13. The van der Waals surface area contributed by atoms with Crippen LogP contribution in [0, 0.1) is 10.1 Å². The molecular formula is C10H7BrN2O2. The molecule has 0 saturated heterocycles. The van der Waals surface area contributed by atoms with Crippen molar-refractivity contribution in [3.05, 3.63) is 46.1 Å². The molecule has 0 saturated carbocycles. The van der Waals surface area contributed by atoms with E-state index in [4.69, 9.17) is 0 Å². The molecule has 0 amide bonds. The molecule has 0 N–H and O–H groups in total. The van der Waals surface area contributed by atoms with Crippen LogP contribution in [-0.4, -0.2) is 9.91 Å². The summed E-state index contributed by atoms with van der Waals surface area (Å²) in [5.74, 6) is 0. The molecule has 5 heteroatoms. The largest absolute Gasteiger partial charge is 0.295 e. The molecule has 1 aromatic heterocycles. The molecule has 0 fully saturated rings. The molecule has 1 aromatic carbocycles. The maximum Gasteiger partial charge on any atom is 0.295 e. The van der Waals surface area contributed by atoms with Crippen LogP contribution < -0.4 is 0 Å². The number of benzene rings is 1. The lowest BCUT2D eigenvalue weighted by atomic mass is 10.1. The summed E-state index contributed by atoms with van der Waals surface area (Å²) >= 11 is 3.28. The fraction of sp³-hybridized carbons (Fsp3) is 0.100. The number of non-ortho nitro benzene ring substituents is 1. The SMILES string of the molecule is O=[N+]([O-])c1cc(CBr)cc2cccnc12. The molecule has 0 aliphatic carbocycles. The van der Waals surface area contributed by atoms with Crippen LogP contribution in [-0.2, 0) is 5.33 Å². The Morgan fingerprint density at radius 1 is 1.47 bits per heavy atom. The number of fused-ring (bicyclic) bond motifs is 1. The Labute approximate surface area is 94.2 Å². The van der Waals surface area contributed by atoms with Crippen LogP contribution in [0.5, 0.6) is 0 Å². The number of hydrogen-bond donors (Lipinski definition) is 0. The zero-order valence-corrected chi connectivity index (χ0v) is 9.27. The van der Waals surface area contributed by atoms with Crippen molar-refractivity contribution in [1.29, 1.82) is 0 Å². The van der Waals surface area contributed by atoms with E-state index in [2.05, 4.69) is 20.9 Å². The predicted molar refractivity (Wildman–Crippen MR) is 61.0 cm³/mol. The minimum Gasteiger partial charge on any atom is -0.258 e. The van der Waals surface area contributed by atoms with Gasteiger partial charge in [-0.05, 0) is 17.7 Å². The number of rotatable bonds is 2. The van der Waals surface area contributed by atoms with Crippen LogP contribution in [0.25, 0.3) is 10.9 Å². The predicted octanol–water partition coefficient (Wildman–Crippen LogP) is 3.04. The van der Waals surface area contributed by atoms with Crippen molar-refractivity contribution in [1.82, 2.24) is 4.98 Å². The Hall–Kier alpha value is -1.49. The quantitative estimate of drug-likeness (QED) is 0.477. The smallest absolute Gasteiger partial charge is 0.258 e. The summed E-state index contributed by atoms with van der Waals surface area (Å²) < 4.78 is 0. The molecule has 0 bridgehead atoms. The maximum absolute atomic E-state index is 10.8. The minimum absolute atomic E-state index is 0.0579. The van der Waals surface area contributed by atoms with Gasteiger partial charge in [0.1, 0.15) is 5.52 Å². The first-order chi connectivity index (χ1) is 7.22. The van der Waals surface area contributed by atoms with Crippen LogP contribution in [0.2, 0.25) is 0 Å². The van der Waals surface area contributed by atoms with Crippen molar-refractivity contribution in [2.24, 2.45) is 0 Å². The standard InChI is InChI=1S/C10H7BrN2O2/c11-6-7-4-8-2-1-3-12-10(8)9(5-7)13(14)15/h1-5H,6H2. The van der Waals surface area contributed by atoms with E-state index in [1.807, 2.05) is 12.1 Å². The molecule has 0 aliphatic heterocycles. The fourth-order valence-corrected chi connectivity index (χ4v) is 1.77. The molecule has 76 valence electrons. The summed E-state index contributed by atoms with van der Waals surface area (Å²) in [6.07, 6.45) is 1.56. The van der Waals surface area contributed by atoms with E-state index in [1.54, 1.807) is 18.3 Å². The minimum atomic E-state index is -0.401. The van der Waals surface area contributed by atoms with Crippen molar-refractivity contribution < 1.29 is 4.92 Å². The summed E-state index contributed by atoms with van der Waals surface area (Å²) in [6.45, 7) is 0. The second kappa shape index (κ2) is 3.94. The zero-order valence-electron chi connectivity index (χ0n) is 7.68. The summed E-state index contributed by atoms with van der Waals surface area (Å²) in [4.78, 5) is 14.5. The number of nitrogens with zero attached hydrogens (tertiary/aromatic N) is 2. The molecule has 15 heavy (non-hydrogen) atoms. The number of nitro groups is 1. The van der Waals surface area contributed by atoms with E-state index in [0.29, 0.717) is 10.8 Å². The van der Waals surface area contributed by atoms with Gasteiger partial charge in [-0.3, -0.25) is 10.1 Å². The number of nitro benzene ring substituents is 1. The van der Waals surface area contributed by atoms with Crippen LogP contribution in [0.15, 0.2) is 30.5 Å². The number of alkyl halides is 1. The highest BCUT2D eigenvalue weighted by atomic mass is 79.9. The van der Waals surface area contributed by atoms with Crippen molar-refractivity contribution >= 4 is 32.5 Å². The van der Waals surface area contributed by atoms with E-state index < -0.39 is 4.92 Å². The number of aromatic nitrogens is 1. The van der Waals surface area contributed by atoms with E-state index in [1.165, 1.54) is 0 Å². The summed E-state index contributed by atoms with van der Waals surface area (Å²) in [7, 11) is 0. The summed E-state index contributed by atoms with van der Waals surface area (Å²) in [5, 5.41) is 12.2. The van der Waals surface area contributed by atoms with Gasteiger partial charge >= 0.3 is 0 Å². The Balaban J connectivity index is 2.80. The number of hydrogen-bond acceptors (Lipinski definition) is 3. The average Bonchev–Trinajstić information content (AvgIpc) is 2.27. The lowest BCUT2D eigenvalue weighted by Crippen LogP contribution is -1.93. The molecule has 0 aliphatic rings. The molecule has 4 nitrogen and oxygen atoms in total. The van der Waals surface area contributed by atoms with E-state index in [9.17, 15) is 10.1 Å². The third kappa shape index (κ3) is 1.83. The van der Waals surface area contributed by atoms with Gasteiger partial charge in [0.05, 0.1) is 4.92 Å². The van der Waals surface area contributed by atoms with E-state index >= 15 is 0 Å². The normalized spacial score (nSPS) is 10.5. The van der Waals surface area contributed by atoms with Crippen LogP contribution in [0.4, 0.5) is 5.69 Å². The van der Waals surface area contributed by atoms with E-state index in [-0.39, 0.29) is 5.69 Å². The zero-order chi connectivity index (χ0) is 10.8. The van der Waals surface area contributed by atoms with E-state index in [0.717, 1.165) is 10.9 Å². The lowest BCUT2D eigenvalue weighted by molar-refractivity contribution is -0.383. The van der Waals surface area contributed by atoms with Gasteiger partial charge in [-0.25, -0.2) is 4.98 Å². The third-order valence-electron chi connectivity index (χ3n) is 2.10. The fourth-order valence-electron chi connectivity index (χ4n) is 1.45. The van der Waals surface area contributed by atoms with Gasteiger partial charge in [-0.1, -0.05) is 22.0 Å². The Morgan fingerprint density at radius 3 is 2.93 bits per heavy atom. The van der Waals surface area contributed by atoms with Gasteiger partial charge in [0.2, 0.25) is 0 Å². The Morgan fingerprint density at radius 2 is 2.27 bits per heavy atom. The summed E-state index contributed by atoms with van der Waals surface area (Å²) in [6, 6.07) is 7.03. The second-order valence-corrected chi connectivity index (χ2v) is 3.64. The topological polar surface area (TPSA) is 56.0 Å². The van der Waals surface area contributed by atoms with Crippen LogP contribution in [0.1, 0.15) is 5.56 Å². The van der Waals surface area contributed by atoms with Gasteiger partial charge in [-0.2, -0.15) is 0 Å². The highest BCUT2D eigenvalue weighted by molar-refractivity contribution is 9.08. The van der Waals surface area contributed by atoms with Crippen LogP contribution >= 0.6 is 15.9 Å². The molecule has 2 aromatic rings. The molecule has 1 heterocycles. The van der Waals surface area contributed by atoms with Crippen molar-refractivity contribution in [3.8, 4) is 0 Å². The highest BCUT2D eigenvalue weighted by Crippen LogP contribution is 2.26. The van der Waals surface area contributed by atoms with Crippen molar-refractivity contribution in [3.63, 3.8) is 0 Å². The molecule has 0 spiro atoms. The third-order valence-corrected chi connectivity index (χ3v) is 2.74. The monoisotopic (exact) mass is 266 g/mol.